The van der Waals surface area contributed by atoms with Gasteiger partial charge in [0.1, 0.15) is 0 Å². The van der Waals surface area contributed by atoms with Crippen molar-refractivity contribution in [3.8, 4) is 0 Å². The maximum Gasteiger partial charge on any atom is 0.0739 e. The molecule has 0 aliphatic heterocycles. The van der Waals surface area contributed by atoms with Crippen LogP contribution in [0.2, 0.25) is 0 Å². The number of nitrogens with one attached hydrogen (secondary N) is 1. The van der Waals surface area contributed by atoms with Gasteiger partial charge in [-0.2, -0.15) is 5.10 Å². The highest BCUT2D eigenvalue weighted by Gasteiger charge is 2.13. The molecule has 0 amide bonds. The van der Waals surface area contributed by atoms with Crippen LogP contribution < -0.4 is 5.32 Å². The van der Waals surface area contributed by atoms with E-state index >= 15 is 0 Å². The van der Waals surface area contributed by atoms with E-state index in [2.05, 4.69) is 56.8 Å². The van der Waals surface area contributed by atoms with Crippen molar-refractivity contribution in [1.82, 2.24) is 20.0 Å². The zero-order valence-electron chi connectivity index (χ0n) is 12.0. The molecular weight excluding hydrogens is 292 g/mol. The Labute approximate surface area is 119 Å². The molecule has 0 atom stereocenters. The molecule has 1 heterocycles. The van der Waals surface area contributed by atoms with E-state index in [0.29, 0.717) is 0 Å². The first kappa shape index (κ1) is 15.7. The largest absolute Gasteiger partial charge is 0.315 e. The molecule has 0 aliphatic rings. The highest BCUT2D eigenvalue weighted by molar-refractivity contribution is 9.10. The maximum absolute atomic E-state index is 4.52. The molecule has 1 aromatic rings. The molecule has 5 heteroatoms. The second kappa shape index (κ2) is 7.92. The number of aryl methyl sites for hydroxylation is 2. The van der Waals surface area contributed by atoms with Crippen LogP contribution in [0, 0.1) is 6.92 Å². The minimum absolute atomic E-state index is 0.920. The van der Waals surface area contributed by atoms with Gasteiger partial charge in [-0.15, -0.1) is 0 Å². The summed E-state index contributed by atoms with van der Waals surface area (Å²) >= 11 is 3.64. The zero-order chi connectivity index (χ0) is 13.5. The Morgan fingerprint density at radius 2 is 2.06 bits per heavy atom. The van der Waals surface area contributed by atoms with E-state index in [9.17, 15) is 0 Å². The van der Waals surface area contributed by atoms with Crippen LogP contribution in [0.5, 0.6) is 0 Å². The standard InChI is InChI=1S/C13H25BrN4/c1-5-7-15-8-9-17(4)10-12-13(14)11(3)16-18(12)6-2/h15H,5-10H2,1-4H3. The van der Waals surface area contributed by atoms with Gasteiger partial charge in [0.2, 0.25) is 0 Å². The highest BCUT2D eigenvalue weighted by Crippen LogP contribution is 2.21. The van der Waals surface area contributed by atoms with E-state index in [1.165, 1.54) is 12.1 Å². The van der Waals surface area contributed by atoms with E-state index < -0.39 is 0 Å². The third-order valence-electron chi connectivity index (χ3n) is 2.97. The van der Waals surface area contributed by atoms with E-state index in [1.807, 2.05) is 6.92 Å². The Bertz CT molecular complexity index is 362. The molecule has 1 rings (SSSR count). The van der Waals surface area contributed by atoms with Gasteiger partial charge in [0.05, 0.1) is 15.9 Å². The smallest absolute Gasteiger partial charge is 0.0739 e. The summed E-state index contributed by atoms with van der Waals surface area (Å²) in [7, 11) is 2.16. The molecule has 0 saturated carbocycles. The van der Waals surface area contributed by atoms with E-state index in [1.54, 1.807) is 0 Å². The predicted molar refractivity (Wildman–Crippen MR) is 79.8 cm³/mol. The third-order valence-corrected chi connectivity index (χ3v) is 4.00. The molecule has 0 aliphatic carbocycles. The molecule has 0 radical (unpaired) electrons. The summed E-state index contributed by atoms with van der Waals surface area (Å²) in [6, 6.07) is 0. The Morgan fingerprint density at radius 1 is 1.33 bits per heavy atom. The Hall–Kier alpha value is -0.390. The van der Waals surface area contributed by atoms with Crippen LogP contribution in [0.25, 0.3) is 0 Å². The van der Waals surface area contributed by atoms with Gasteiger partial charge in [-0.1, -0.05) is 6.92 Å². The lowest BCUT2D eigenvalue weighted by Crippen LogP contribution is -2.30. The monoisotopic (exact) mass is 316 g/mol. The van der Waals surface area contributed by atoms with Gasteiger partial charge in [-0.05, 0) is 49.8 Å². The molecule has 4 nitrogen and oxygen atoms in total. The van der Waals surface area contributed by atoms with Crippen molar-refractivity contribution in [2.75, 3.05) is 26.7 Å². The van der Waals surface area contributed by atoms with Crippen LogP contribution >= 0.6 is 15.9 Å². The SMILES string of the molecule is CCCNCCN(C)Cc1c(Br)c(C)nn1CC. The van der Waals surface area contributed by atoms with Gasteiger partial charge in [-0.3, -0.25) is 9.58 Å². The first-order valence-corrected chi connectivity index (χ1v) is 7.50. The summed E-state index contributed by atoms with van der Waals surface area (Å²) in [5.74, 6) is 0. The van der Waals surface area contributed by atoms with Gasteiger partial charge < -0.3 is 5.32 Å². The Balaban J connectivity index is 2.50. The molecule has 0 bridgehead atoms. The fraction of sp³-hybridized carbons (Fsp3) is 0.769. The third kappa shape index (κ3) is 4.37. The molecule has 0 saturated heterocycles. The molecule has 0 fully saturated rings. The van der Waals surface area contributed by atoms with Crippen molar-refractivity contribution in [2.24, 2.45) is 0 Å². The number of aromatic nitrogens is 2. The second-order valence-electron chi connectivity index (χ2n) is 4.65. The summed E-state index contributed by atoms with van der Waals surface area (Å²) in [6.45, 7) is 11.4. The zero-order valence-corrected chi connectivity index (χ0v) is 13.5. The molecular formula is C13H25BrN4. The summed E-state index contributed by atoms with van der Waals surface area (Å²) < 4.78 is 3.23. The number of likely N-dealkylation sites (N-methyl/N-ethyl adjacent to an activating group) is 1. The molecule has 1 aromatic heterocycles. The maximum atomic E-state index is 4.52. The lowest BCUT2D eigenvalue weighted by molar-refractivity contribution is 0.313. The van der Waals surface area contributed by atoms with Gasteiger partial charge in [0, 0.05) is 26.2 Å². The number of rotatable bonds is 8. The van der Waals surface area contributed by atoms with Crippen molar-refractivity contribution >= 4 is 15.9 Å². The normalized spacial score (nSPS) is 11.4. The summed E-state index contributed by atoms with van der Waals surface area (Å²) in [6.07, 6.45) is 1.19. The molecule has 18 heavy (non-hydrogen) atoms. The van der Waals surface area contributed by atoms with Gasteiger partial charge >= 0.3 is 0 Å². The quantitative estimate of drug-likeness (QED) is 0.748. The Morgan fingerprint density at radius 3 is 2.67 bits per heavy atom. The summed E-state index contributed by atoms with van der Waals surface area (Å²) in [5.41, 5.74) is 2.34. The molecule has 1 N–H and O–H groups in total. The van der Waals surface area contributed by atoms with Crippen molar-refractivity contribution in [3.05, 3.63) is 15.9 Å². The van der Waals surface area contributed by atoms with Crippen molar-refractivity contribution < 1.29 is 0 Å². The lowest BCUT2D eigenvalue weighted by Gasteiger charge is -2.17. The number of hydrogen-bond donors (Lipinski definition) is 1. The number of nitrogens with zero attached hydrogens (tertiary/aromatic N) is 3. The minimum atomic E-state index is 0.920. The highest BCUT2D eigenvalue weighted by atomic mass is 79.9. The topological polar surface area (TPSA) is 33.1 Å². The fourth-order valence-electron chi connectivity index (χ4n) is 1.93. The van der Waals surface area contributed by atoms with E-state index in [-0.39, 0.29) is 0 Å². The lowest BCUT2D eigenvalue weighted by atomic mass is 10.3. The fourth-order valence-corrected chi connectivity index (χ4v) is 2.34. The van der Waals surface area contributed by atoms with Gasteiger partial charge in [-0.25, -0.2) is 0 Å². The number of halogens is 1. The molecule has 104 valence electrons. The molecule has 0 unspecified atom stereocenters. The van der Waals surface area contributed by atoms with E-state index in [4.69, 9.17) is 0 Å². The molecule has 0 spiro atoms. The van der Waals surface area contributed by atoms with Crippen LogP contribution in [0.3, 0.4) is 0 Å². The minimum Gasteiger partial charge on any atom is -0.315 e. The second-order valence-corrected chi connectivity index (χ2v) is 5.44. The first-order chi connectivity index (χ1) is 8.60. The van der Waals surface area contributed by atoms with Gasteiger partial charge in [0.25, 0.3) is 0 Å². The van der Waals surface area contributed by atoms with E-state index in [0.717, 1.165) is 42.9 Å². The van der Waals surface area contributed by atoms with Gasteiger partial charge in [0.15, 0.2) is 0 Å². The molecule has 0 aromatic carbocycles. The van der Waals surface area contributed by atoms with Crippen molar-refractivity contribution in [2.45, 2.75) is 40.3 Å². The Kier molecular flexibility index (Phi) is 6.89. The van der Waals surface area contributed by atoms with Crippen LogP contribution in [0.15, 0.2) is 4.47 Å². The average molecular weight is 317 g/mol. The predicted octanol–water partition coefficient (Wildman–Crippen LogP) is 2.41. The van der Waals surface area contributed by atoms with Crippen molar-refractivity contribution in [1.29, 1.82) is 0 Å². The van der Waals surface area contributed by atoms with Crippen LogP contribution in [0.1, 0.15) is 31.7 Å². The summed E-state index contributed by atoms with van der Waals surface area (Å²) in [4.78, 5) is 2.33. The number of hydrogen-bond acceptors (Lipinski definition) is 3. The summed E-state index contributed by atoms with van der Waals surface area (Å²) in [5, 5.41) is 7.94. The van der Waals surface area contributed by atoms with Crippen LogP contribution in [-0.2, 0) is 13.1 Å². The van der Waals surface area contributed by atoms with Crippen molar-refractivity contribution in [3.63, 3.8) is 0 Å². The van der Waals surface area contributed by atoms with Crippen LogP contribution in [-0.4, -0.2) is 41.4 Å². The average Bonchev–Trinajstić information content (AvgIpc) is 2.62. The first-order valence-electron chi connectivity index (χ1n) is 6.71. The van der Waals surface area contributed by atoms with Crippen LogP contribution in [0.4, 0.5) is 0 Å².